The van der Waals surface area contributed by atoms with Gasteiger partial charge in [-0.1, -0.05) is 91.0 Å². The molecule has 240 valence electrons. The van der Waals surface area contributed by atoms with Crippen LogP contribution in [0.3, 0.4) is 0 Å². The molecule has 0 amide bonds. The van der Waals surface area contributed by atoms with E-state index in [0.717, 1.165) is 16.7 Å². The van der Waals surface area contributed by atoms with E-state index in [4.69, 9.17) is 9.47 Å². The molecule has 0 radical (unpaired) electrons. The summed E-state index contributed by atoms with van der Waals surface area (Å²) in [6.45, 7) is 0.605. The van der Waals surface area contributed by atoms with Crippen LogP contribution < -0.4 is 10.0 Å². The first kappa shape index (κ1) is 31.7. The van der Waals surface area contributed by atoms with Gasteiger partial charge in [0.15, 0.2) is 23.2 Å². The van der Waals surface area contributed by atoms with Gasteiger partial charge in [0.25, 0.3) is 0 Å². The molecule has 4 atom stereocenters. The molecule has 0 saturated carbocycles. The highest BCUT2D eigenvalue weighted by Gasteiger charge is 2.44. The lowest BCUT2D eigenvalue weighted by molar-refractivity contribution is -0.0580. The molecule has 12 nitrogen and oxygen atoms in total. The first-order valence-corrected chi connectivity index (χ1v) is 16.6. The standard InChI is InChI=1S/C33H36N6O6S/c1-44-19-26-29(40)30(41)33(45-26)39-21-35-28-31(34-18-25(23-13-7-3-8-14-23)24-15-9-4-10-16-24)37-27(38-32(28)39)20-46(42,43)36-17-22-11-5-2-6-12-22/h2-16,21,25-26,29-30,33,36,40-41H,17-20H2,1H3,(H,34,37,38)/t26-,29-,30+,33-/m1/s1. The average Bonchev–Trinajstić information content (AvgIpc) is 3.61. The first-order valence-electron chi connectivity index (χ1n) is 14.9. The van der Waals surface area contributed by atoms with E-state index in [1.165, 1.54) is 18.0 Å². The first-order chi connectivity index (χ1) is 22.3. The maximum Gasteiger partial charge on any atom is 0.219 e. The summed E-state index contributed by atoms with van der Waals surface area (Å²) >= 11 is 0. The minimum absolute atomic E-state index is 0.0229. The second-order valence-electron chi connectivity index (χ2n) is 11.1. The van der Waals surface area contributed by atoms with Crippen molar-refractivity contribution in [3.63, 3.8) is 0 Å². The van der Waals surface area contributed by atoms with Gasteiger partial charge >= 0.3 is 0 Å². The Balaban J connectivity index is 1.35. The summed E-state index contributed by atoms with van der Waals surface area (Å²) in [5, 5.41) is 24.9. The summed E-state index contributed by atoms with van der Waals surface area (Å²) in [5.41, 5.74) is 3.60. The fourth-order valence-corrected chi connectivity index (χ4v) is 6.56. The van der Waals surface area contributed by atoms with Gasteiger partial charge in [-0.3, -0.25) is 4.57 Å². The molecule has 46 heavy (non-hydrogen) atoms. The Morgan fingerprint density at radius 3 is 2.17 bits per heavy atom. The third-order valence-electron chi connectivity index (χ3n) is 7.95. The Morgan fingerprint density at radius 2 is 1.54 bits per heavy atom. The number of nitrogens with one attached hydrogen (secondary N) is 2. The van der Waals surface area contributed by atoms with Crippen molar-refractivity contribution in [1.29, 1.82) is 0 Å². The molecule has 3 aromatic carbocycles. The highest BCUT2D eigenvalue weighted by Crippen LogP contribution is 2.33. The van der Waals surface area contributed by atoms with Gasteiger partial charge in [-0.05, 0) is 16.7 Å². The number of hydrogen-bond donors (Lipinski definition) is 4. The minimum Gasteiger partial charge on any atom is -0.387 e. The quantitative estimate of drug-likeness (QED) is 0.150. The number of rotatable bonds is 13. The van der Waals surface area contributed by atoms with E-state index in [2.05, 4.69) is 49.3 Å². The van der Waals surface area contributed by atoms with E-state index in [9.17, 15) is 18.6 Å². The second-order valence-corrected chi connectivity index (χ2v) is 12.9. The van der Waals surface area contributed by atoms with Gasteiger partial charge in [0, 0.05) is 26.1 Å². The molecule has 1 aliphatic rings. The summed E-state index contributed by atoms with van der Waals surface area (Å²) in [6.07, 6.45) is -2.88. The molecule has 0 unspecified atom stereocenters. The predicted octanol–water partition coefficient (Wildman–Crippen LogP) is 2.96. The molecule has 0 spiro atoms. The molecule has 0 bridgehead atoms. The van der Waals surface area contributed by atoms with Crippen molar-refractivity contribution >= 4 is 27.0 Å². The van der Waals surface area contributed by atoms with Crippen LogP contribution in [0.25, 0.3) is 11.2 Å². The van der Waals surface area contributed by atoms with Crippen LogP contribution in [0.5, 0.6) is 0 Å². The average molecular weight is 645 g/mol. The lowest BCUT2D eigenvalue weighted by Crippen LogP contribution is -2.33. The van der Waals surface area contributed by atoms with E-state index in [1.807, 2.05) is 66.7 Å². The SMILES string of the molecule is COC[C@H]1O[C@@H](n2cnc3c(NCC(c4ccccc4)c4ccccc4)nc(CS(=O)(=O)NCc4ccccc4)nc32)[C@@H](O)[C@@H]1O. The molecule has 1 aliphatic heterocycles. The zero-order valence-corrected chi connectivity index (χ0v) is 26.0. The third kappa shape index (κ3) is 7.09. The number of sulfonamides is 1. The van der Waals surface area contributed by atoms with Crippen molar-refractivity contribution in [2.45, 2.75) is 42.8 Å². The van der Waals surface area contributed by atoms with Crippen LogP contribution in [0.1, 0.15) is 34.7 Å². The van der Waals surface area contributed by atoms with E-state index in [-0.39, 0.29) is 30.5 Å². The van der Waals surface area contributed by atoms with Crippen molar-refractivity contribution in [2.24, 2.45) is 0 Å². The highest BCUT2D eigenvalue weighted by molar-refractivity contribution is 7.88. The van der Waals surface area contributed by atoms with Crippen molar-refractivity contribution < 1.29 is 28.1 Å². The Bertz CT molecular complexity index is 1800. The summed E-state index contributed by atoms with van der Waals surface area (Å²) in [5.74, 6) is -0.205. The number of imidazole rings is 1. The molecule has 13 heteroatoms. The number of nitrogens with zero attached hydrogens (tertiary/aromatic N) is 4. The topological polar surface area (TPSA) is 161 Å². The number of fused-ring (bicyclic) bond motifs is 1. The largest absolute Gasteiger partial charge is 0.387 e. The Kier molecular flexibility index (Phi) is 9.68. The fraction of sp³-hybridized carbons (Fsp3) is 0.303. The smallest absolute Gasteiger partial charge is 0.219 e. The van der Waals surface area contributed by atoms with Crippen molar-refractivity contribution in [1.82, 2.24) is 24.2 Å². The molecule has 4 N–H and O–H groups in total. The summed E-state index contributed by atoms with van der Waals surface area (Å²) < 4.78 is 41.6. The van der Waals surface area contributed by atoms with Crippen LogP contribution in [0.15, 0.2) is 97.3 Å². The van der Waals surface area contributed by atoms with E-state index < -0.39 is 40.3 Å². The number of aliphatic hydroxyl groups is 2. The van der Waals surface area contributed by atoms with Crippen molar-refractivity contribution in [3.05, 3.63) is 120 Å². The summed E-state index contributed by atoms with van der Waals surface area (Å²) in [6, 6.07) is 29.3. The maximum absolute atomic E-state index is 13.2. The maximum atomic E-state index is 13.2. The lowest BCUT2D eigenvalue weighted by atomic mass is 9.91. The van der Waals surface area contributed by atoms with Crippen LogP contribution in [-0.2, 0) is 31.8 Å². The van der Waals surface area contributed by atoms with E-state index in [1.54, 1.807) is 0 Å². The Hall–Kier alpha value is -4.24. The number of anilines is 1. The minimum atomic E-state index is -3.86. The van der Waals surface area contributed by atoms with Crippen molar-refractivity contribution in [3.8, 4) is 0 Å². The summed E-state index contributed by atoms with van der Waals surface area (Å²) in [4.78, 5) is 13.7. The zero-order valence-electron chi connectivity index (χ0n) is 25.2. The molecular formula is C33H36N6O6S. The zero-order chi connectivity index (χ0) is 32.1. The predicted molar refractivity (Wildman–Crippen MR) is 172 cm³/mol. The van der Waals surface area contributed by atoms with Crippen LogP contribution in [0, 0.1) is 0 Å². The van der Waals surface area contributed by atoms with Crippen LogP contribution in [0.2, 0.25) is 0 Å². The Morgan fingerprint density at radius 1 is 0.913 bits per heavy atom. The van der Waals surface area contributed by atoms with Gasteiger partial charge < -0.3 is 25.0 Å². The van der Waals surface area contributed by atoms with E-state index >= 15 is 0 Å². The molecule has 6 rings (SSSR count). The number of hydrogen-bond acceptors (Lipinski definition) is 10. The van der Waals surface area contributed by atoms with Gasteiger partial charge in [0.1, 0.15) is 29.9 Å². The molecule has 1 fully saturated rings. The van der Waals surface area contributed by atoms with E-state index in [0.29, 0.717) is 17.9 Å². The Labute approximate surface area is 267 Å². The molecule has 5 aromatic rings. The second kappa shape index (κ2) is 14.0. The monoisotopic (exact) mass is 644 g/mol. The number of aliphatic hydroxyl groups excluding tert-OH is 2. The van der Waals surface area contributed by atoms with Gasteiger partial charge in [-0.15, -0.1) is 0 Å². The molecule has 2 aromatic heterocycles. The highest BCUT2D eigenvalue weighted by atomic mass is 32.2. The number of benzene rings is 3. The van der Waals surface area contributed by atoms with Gasteiger partial charge in [0.2, 0.25) is 10.0 Å². The normalized spacial score (nSPS) is 20.0. The van der Waals surface area contributed by atoms with Crippen LogP contribution >= 0.6 is 0 Å². The number of methoxy groups -OCH3 is 1. The van der Waals surface area contributed by atoms with Gasteiger partial charge in [0.05, 0.1) is 12.9 Å². The number of ether oxygens (including phenoxy) is 2. The van der Waals surface area contributed by atoms with Crippen molar-refractivity contribution in [2.75, 3.05) is 25.6 Å². The van der Waals surface area contributed by atoms with Crippen LogP contribution in [-0.4, -0.2) is 76.7 Å². The van der Waals surface area contributed by atoms with Gasteiger partial charge in [-0.25, -0.2) is 28.1 Å². The number of aromatic nitrogens is 4. The molecule has 0 aliphatic carbocycles. The van der Waals surface area contributed by atoms with Crippen LogP contribution in [0.4, 0.5) is 5.82 Å². The van der Waals surface area contributed by atoms with Gasteiger partial charge in [-0.2, -0.15) is 0 Å². The third-order valence-corrected chi connectivity index (χ3v) is 9.17. The summed E-state index contributed by atoms with van der Waals surface area (Å²) in [7, 11) is -2.38. The lowest BCUT2D eigenvalue weighted by Gasteiger charge is -2.20. The molecular weight excluding hydrogens is 608 g/mol. The molecule has 1 saturated heterocycles. The fourth-order valence-electron chi connectivity index (χ4n) is 5.60. The molecule has 3 heterocycles.